The maximum atomic E-state index is 11.6. The third-order valence-electron chi connectivity index (χ3n) is 4.16. The molecule has 0 amide bonds. The summed E-state index contributed by atoms with van der Waals surface area (Å²) in [5.41, 5.74) is 1.95. The fourth-order valence-electron chi connectivity index (χ4n) is 2.99. The first-order chi connectivity index (χ1) is 10.9. The van der Waals surface area contributed by atoms with Gasteiger partial charge in [-0.3, -0.25) is 4.79 Å². The lowest BCUT2D eigenvalue weighted by Gasteiger charge is -2.32. The molecule has 23 heavy (non-hydrogen) atoms. The Balaban J connectivity index is 2.74. The molecule has 122 valence electrons. The SMILES string of the molecule is COc1ccccc1C(C)(CC(=O)O)c1cc(C)ccc1OC. The number of carboxylic acid groups (broad SMARTS) is 1. The van der Waals surface area contributed by atoms with Gasteiger partial charge in [0, 0.05) is 16.5 Å². The van der Waals surface area contributed by atoms with Gasteiger partial charge in [0.1, 0.15) is 11.5 Å². The zero-order valence-corrected chi connectivity index (χ0v) is 13.9. The van der Waals surface area contributed by atoms with Crippen LogP contribution in [-0.4, -0.2) is 25.3 Å². The van der Waals surface area contributed by atoms with Crippen LogP contribution in [0.15, 0.2) is 42.5 Å². The van der Waals surface area contributed by atoms with E-state index in [1.807, 2.05) is 56.3 Å². The highest BCUT2D eigenvalue weighted by atomic mass is 16.5. The van der Waals surface area contributed by atoms with Gasteiger partial charge in [-0.05, 0) is 19.1 Å². The van der Waals surface area contributed by atoms with Crippen molar-refractivity contribution in [3.05, 3.63) is 59.2 Å². The van der Waals surface area contributed by atoms with Gasteiger partial charge >= 0.3 is 5.97 Å². The van der Waals surface area contributed by atoms with E-state index in [9.17, 15) is 9.90 Å². The number of aliphatic carboxylic acids is 1. The maximum Gasteiger partial charge on any atom is 0.304 e. The van der Waals surface area contributed by atoms with Crippen LogP contribution in [0, 0.1) is 6.92 Å². The van der Waals surface area contributed by atoms with E-state index in [4.69, 9.17) is 9.47 Å². The van der Waals surface area contributed by atoms with Gasteiger partial charge in [-0.15, -0.1) is 0 Å². The fourth-order valence-corrected chi connectivity index (χ4v) is 2.99. The lowest BCUT2D eigenvalue weighted by atomic mass is 9.72. The number of carboxylic acids is 1. The van der Waals surface area contributed by atoms with Crippen LogP contribution in [0.25, 0.3) is 0 Å². The molecule has 0 saturated carbocycles. The molecule has 2 aromatic rings. The van der Waals surface area contributed by atoms with Crippen LogP contribution in [0.2, 0.25) is 0 Å². The van der Waals surface area contributed by atoms with Gasteiger partial charge in [0.05, 0.1) is 20.6 Å². The molecule has 0 fully saturated rings. The minimum absolute atomic E-state index is 0.0623. The van der Waals surface area contributed by atoms with Crippen LogP contribution in [0.5, 0.6) is 11.5 Å². The van der Waals surface area contributed by atoms with Crippen LogP contribution >= 0.6 is 0 Å². The van der Waals surface area contributed by atoms with E-state index < -0.39 is 11.4 Å². The van der Waals surface area contributed by atoms with E-state index in [0.717, 1.165) is 16.7 Å². The van der Waals surface area contributed by atoms with Gasteiger partial charge in [0.2, 0.25) is 0 Å². The molecule has 2 rings (SSSR count). The smallest absolute Gasteiger partial charge is 0.304 e. The third kappa shape index (κ3) is 3.31. The Kier molecular flexibility index (Phi) is 4.94. The second-order valence-corrected chi connectivity index (χ2v) is 5.81. The van der Waals surface area contributed by atoms with Crippen LogP contribution < -0.4 is 9.47 Å². The molecule has 0 aliphatic heterocycles. The molecule has 0 radical (unpaired) electrons. The molecule has 0 aromatic heterocycles. The molecule has 0 saturated heterocycles. The Morgan fingerprint density at radius 2 is 1.65 bits per heavy atom. The first kappa shape index (κ1) is 16.9. The minimum Gasteiger partial charge on any atom is -0.496 e. The molecular formula is C19H22O4. The summed E-state index contributed by atoms with van der Waals surface area (Å²) in [6.45, 7) is 3.89. The number of aryl methyl sites for hydroxylation is 1. The number of benzene rings is 2. The van der Waals surface area contributed by atoms with Gasteiger partial charge in [-0.2, -0.15) is 0 Å². The monoisotopic (exact) mass is 314 g/mol. The summed E-state index contributed by atoms with van der Waals surface area (Å²) in [7, 11) is 3.19. The molecule has 2 aromatic carbocycles. The van der Waals surface area contributed by atoms with Gasteiger partial charge in [-0.25, -0.2) is 0 Å². The Morgan fingerprint density at radius 3 is 2.26 bits per heavy atom. The Bertz CT molecular complexity index is 708. The molecule has 1 unspecified atom stereocenters. The largest absolute Gasteiger partial charge is 0.496 e. The molecule has 1 N–H and O–H groups in total. The van der Waals surface area contributed by atoms with Gasteiger partial charge in [-0.1, -0.05) is 42.8 Å². The van der Waals surface area contributed by atoms with E-state index in [0.29, 0.717) is 11.5 Å². The van der Waals surface area contributed by atoms with Crippen molar-refractivity contribution in [3.8, 4) is 11.5 Å². The summed E-state index contributed by atoms with van der Waals surface area (Å²) in [4.78, 5) is 11.6. The van der Waals surface area contributed by atoms with Crippen molar-refractivity contribution >= 4 is 5.97 Å². The number of carbonyl (C=O) groups is 1. The predicted octanol–water partition coefficient (Wildman–Crippen LogP) is 3.79. The molecular weight excluding hydrogens is 292 g/mol. The van der Waals surface area contributed by atoms with Crippen molar-refractivity contribution < 1.29 is 19.4 Å². The molecule has 0 aliphatic carbocycles. The molecule has 1 atom stereocenters. The minimum atomic E-state index is -0.873. The lowest BCUT2D eigenvalue weighted by Crippen LogP contribution is -2.28. The first-order valence-electron chi connectivity index (χ1n) is 7.42. The Hall–Kier alpha value is -2.49. The summed E-state index contributed by atoms with van der Waals surface area (Å²) < 4.78 is 11.0. The van der Waals surface area contributed by atoms with Crippen molar-refractivity contribution in [2.45, 2.75) is 25.7 Å². The average Bonchev–Trinajstić information content (AvgIpc) is 2.54. The number of rotatable bonds is 6. The number of ether oxygens (including phenoxy) is 2. The van der Waals surface area contributed by atoms with Crippen LogP contribution in [0.1, 0.15) is 30.0 Å². The van der Waals surface area contributed by atoms with Gasteiger partial charge < -0.3 is 14.6 Å². The Morgan fingerprint density at radius 1 is 1.04 bits per heavy atom. The van der Waals surface area contributed by atoms with Crippen molar-refractivity contribution in [1.29, 1.82) is 0 Å². The summed E-state index contributed by atoms with van der Waals surface area (Å²) in [6.07, 6.45) is -0.0623. The zero-order chi connectivity index (χ0) is 17.0. The highest BCUT2D eigenvalue weighted by Crippen LogP contribution is 2.44. The quantitative estimate of drug-likeness (QED) is 0.881. The highest BCUT2D eigenvalue weighted by molar-refractivity contribution is 5.72. The Labute approximate surface area is 136 Å². The summed E-state index contributed by atoms with van der Waals surface area (Å²) in [5.74, 6) is 0.465. The summed E-state index contributed by atoms with van der Waals surface area (Å²) in [5, 5.41) is 9.49. The highest BCUT2D eigenvalue weighted by Gasteiger charge is 2.36. The molecule has 4 nitrogen and oxygen atoms in total. The van der Waals surface area contributed by atoms with Crippen molar-refractivity contribution in [1.82, 2.24) is 0 Å². The molecule has 0 aliphatic rings. The van der Waals surface area contributed by atoms with Gasteiger partial charge in [0.15, 0.2) is 0 Å². The second-order valence-electron chi connectivity index (χ2n) is 5.81. The standard InChI is InChI=1S/C19H22O4/c1-13-9-10-17(23-4)15(11-13)19(2,12-18(20)21)14-7-5-6-8-16(14)22-3/h5-11H,12H2,1-4H3,(H,20,21). The topological polar surface area (TPSA) is 55.8 Å². The third-order valence-corrected chi connectivity index (χ3v) is 4.16. The summed E-state index contributed by atoms with van der Waals surface area (Å²) >= 11 is 0. The van der Waals surface area contributed by atoms with E-state index in [1.54, 1.807) is 14.2 Å². The predicted molar refractivity (Wildman–Crippen MR) is 89.4 cm³/mol. The van der Waals surface area contributed by atoms with Crippen molar-refractivity contribution in [2.24, 2.45) is 0 Å². The number of hydrogen-bond acceptors (Lipinski definition) is 3. The molecule has 0 heterocycles. The summed E-state index contributed by atoms with van der Waals surface area (Å²) in [6, 6.07) is 13.3. The fraction of sp³-hybridized carbons (Fsp3) is 0.316. The number of hydrogen-bond donors (Lipinski definition) is 1. The van der Waals surface area contributed by atoms with Gasteiger partial charge in [0.25, 0.3) is 0 Å². The van der Waals surface area contributed by atoms with E-state index in [1.165, 1.54) is 0 Å². The van der Waals surface area contributed by atoms with Crippen LogP contribution in [0.4, 0.5) is 0 Å². The van der Waals surface area contributed by atoms with Crippen molar-refractivity contribution in [3.63, 3.8) is 0 Å². The normalized spacial score (nSPS) is 13.2. The number of methoxy groups -OCH3 is 2. The molecule has 0 spiro atoms. The van der Waals surface area contributed by atoms with Crippen LogP contribution in [0.3, 0.4) is 0 Å². The number of para-hydroxylation sites is 1. The maximum absolute atomic E-state index is 11.6. The zero-order valence-electron chi connectivity index (χ0n) is 13.9. The first-order valence-corrected chi connectivity index (χ1v) is 7.42. The van der Waals surface area contributed by atoms with E-state index >= 15 is 0 Å². The molecule has 4 heteroatoms. The lowest BCUT2D eigenvalue weighted by molar-refractivity contribution is -0.138. The van der Waals surface area contributed by atoms with E-state index in [-0.39, 0.29) is 6.42 Å². The van der Waals surface area contributed by atoms with Crippen molar-refractivity contribution in [2.75, 3.05) is 14.2 Å². The van der Waals surface area contributed by atoms with Crippen LogP contribution in [-0.2, 0) is 10.2 Å². The second kappa shape index (κ2) is 6.73. The molecule has 0 bridgehead atoms. The van der Waals surface area contributed by atoms with E-state index in [2.05, 4.69) is 0 Å². The average molecular weight is 314 g/mol.